The van der Waals surface area contributed by atoms with Crippen LogP contribution in [0.15, 0.2) is 30.9 Å². The van der Waals surface area contributed by atoms with Crippen molar-refractivity contribution in [2.24, 2.45) is 5.92 Å². The molecule has 0 saturated heterocycles. The van der Waals surface area contributed by atoms with E-state index in [9.17, 15) is 4.79 Å². The summed E-state index contributed by atoms with van der Waals surface area (Å²) in [5.41, 5.74) is 1.17. The number of carbonyl (C=O) groups excluding carboxylic acids is 1. The molecule has 0 bridgehead atoms. The van der Waals surface area contributed by atoms with E-state index in [1.54, 1.807) is 24.3 Å². The van der Waals surface area contributed by atoms with E-state index in [1.165, 1.54) is 7.11 Å². The van der Waals surface area contributed by atoms with E-state index in [2.05, 4.69) is 6.58 Å². The number of halogens is 1. The zero-order chi connectivity index (χ0) is 13.3. The zero-order valence-electron chi connectivity index (χ0n) is 10.1. The molecule has 1 aromatic rings. The van der Waals surface area contributed by atoms with Crippen molar-refractivity contribution in [3.63, 3.8) is 0 Å². The monoisotopic (exact) mass is 263 g/mol. The number of hydrogen-bond acceptors (Lipinski definition) is 3. The summed E-state index contributed by atoms with van der Waals surface area (Å²) in [6.07, 6.45) is 2.07. The van der Waals surface area contributed by atoms with E-state index >= 15 is 0 Å². The average Bonchev–Trinajstić information content (AvgIpc) is 2.64. The number of benzene rings is 1. The van der Waals surface area contributed by atoms with E-state index in [4.69, 9.17) is 21.7 Å². The van der Waals surface area contributed by atoms with Gasteiger partial charge in [-0.05, 0) is 24.1 Å². The Labute approximate surface area is 111 Å². The Morgan fingerprint density at radius 2 is 2.28 bits per heavy atom. The molecule has 0 aliphatic heterocycles. The Bertz CT molecular complexity index is 525. The lowest BCUT2D eigenvalue weighted by molar-refractivity contribution is -0.120. The number of nitrogens with one attached hydrogen (secondary N) is 1. The molecule has 1 fully saturated rings. The van der Waals surface area contributed by atoms with Crippen molar-refractivity contribution in [1.29, 1.82) is 5.41 Å². The summed E-state index contributed by atoms with van der Waals surface area (Å²) < 4.78 is 5.07. The Hall–Kier alpha value is -1.61. The third-order valence-corrected chi connectivity index (χ3v) is 3.53. The van der Waals surface area contributed by atoms with Crippen molar-refractivity contribution >= 4 is 23.1 Å². The van der Waals surface area contributed by atoms with Crippen LogP contribution in [0.25, 0.3) is 0 Å². The van der Waals surface area contributed by atoms with Crippen LogP contribution >= 0.6 is 11.6 Å². The van der Waals surface area contributed by atoms with Crippen LogP contribution in [0.5, 0.6) is 5.75 Å². The van der Waals surface area contributed by atoms with Crippen molar-refractivity contribution in [2.75, 3.05) is 7.11 Å². The fraction of sp³-hybridized carbons (Fsp3) is 0.286. The second kappa shape index (κ2) is 4.94. The molecule has 1 N–H and O–H groups in total. The number of methoxy groups -OCH3 is 1. The summed E-state index contributed by atoms with van der Waals surface area (Å²) in [5, 5.41) is 8.39. The Kier molecular flexibility index (Phi) is 3.53. The molecule has 18 heavy (non-hydrogen) atoms. The summed E-state index contributed by atoms with van der Waals surface area (Å²) in [4.78, 5) is 12.1. The molecule has 4 heteroatoms. The number of rotatable bonds is 3. The smallest absolute Gasteiger partial charge is 0.153 e. The van der Waals surface area contributed by atoms with E-state index in [-0.39, 0.29) is 11.7 Å². The minimum atomic E-state index is -0.489. The quantitative estimate of drug-likeness (QED) is 0.851. The number of ketones is 1. The standard InChI is InChI=1S/C14H14ClNO2/c1-3-8-7-11(16)13(14(8)17)9-4-5-12(18-2)10(15)6-9/h3-6,8,13,16H,1,7H2,2H3. The Morgan fingerprint density at radius 3 is 2.78 bits per heavy atom. The Morgan fingerprint density at radius 1 is 1.56 bits per heavy atom. The van der Waals surface area contributed by atoms with Crippen molar-refractivity contribution < 1.29 is 9.53 Å². The van der Waals surface area contributed by atoms with Crippen molar-refractivity contribution in [3.8, 4) is 5.75 Å². The molecule has 3 nitrogen and oxygen atoms in total. The molecule has 2 unspecified atom stereocenters. The van der Waals surface area contributed by atoms with Crippen LogP contribution in [0.4, 0.5) is 0 Å². The molecule has 0 spiro atoms. The van der Waals surface area contributed by atoms with Crippen LogP contribution in [0.3, 0.4) is 0 Å². The first kappa shape index (κ1) is 12.8. The molecule has 0 aromatic heterocycles. The first-order valence-electron chi connectivity index (χ1n) is 5.65. The van der Waals surface area contributed by atoms with Crippen LogP contribution < -0.4 is 4.74 Å². The highest BCUT2D eigenvalue weighted by Crippen LogP contribution is 2.36. The molecule has 1 saturated carbocycles. The molecule has 1 aliphatic rings. The number of ether oxygens (including phenoxy) is 1. The normalized spacial score (nSPS) is 23.2. The van der Waals surface area contributed by atoms with E-state index in [0.717, 1.165) is 5.56 Å². The third kappa shape index (κ3) is 2.06. The maximum atomic E-state index is 12.1. The Balaban J connectivity index is 2.37. The first-order chi connectivity index (χ1) is 8.58. The lowest BCUT2D eigenvalue weighted by Gasteiger charge is -2.11. The van der Waals surface area contributed by atoms with Gasteiger partial charge in [0.05, 0.1) is 18.1 Å². The van der Waals surface area contributed by atoms with Crippen LogP contribution in [0.1, 0.15) is 17.9 Å². The van der Waals surface area contributed by atoms with Gasteiger partial charge in [-0.2, -0.15) is 0 Å². The second-order valence-electron chi connectivity index (χ2n) is 4.30. The van der Waals surface area contributed by atoms with Gasteiger partial charge >= 0.3 is 0 Å². The van der Waals surface area contributed by atoms with Gasteiger partial charge in [-0.1, -0.05) is 23.7 Å². The van der Waals surface area contributed by atoms with Crippen LogP contribution in [-0.2, 0) is 4.79 Å². The second-order valence-corrected chi connectivity index (χ2v) is 4.71. The van der Waals surface area contributed by atoms with Crippen LogP contribution in [-0.4, -0.2) is 18.6 Å². The summed E-state index contributed by atoms with van der Waals surface area (Å²) >= 11 is 6.05. The van der Waals surface area contributed by atoms with Gasteiger partial charge < -0.3 is 10.1 Å². The maximum Gasteiger partial charge on any atom is 0.153 e. The number of hydrogen-bond donors (Lipinski definition) is 1. The van der Waals surface area contributed by atoms with Gasteiger partial charge in [-0.25, -0.2) is 0 Å². The minimum Gasteiger partial charge on any atom is -0.495 e. The van der Waals surface area contributed by atoms with Gasteiger partial charge in [-0.15, -0.1) is 6.58 Å². The van der Waals surface area contributed by atoms with Gasteiger partial charge in [0.15, 0.2) is 5.78 Å². The van der Waals surface area contributed by atoms with Crippen molar-refractivity contribution in [2.45, 2.75) is 12.3 Å². The molecule has 0 radical (unpaired) electrons. The number of Topliss-reactive ketones (excluding diaryl/α,β-unsaturated/α-hetero) is 1. The van der Waals surface area contributed by atoms with Gasteiger partial charge in [0.2, 0.25) is 0 Å². The fourth-order valence-corrected chi connectivity index (χ4v) is 2.53. The predicted molar refractivity (Wildman–Crippen MR) is 71.8 cm³/mol. The van der Waals surface area contributed by atoms with Gasteiger partial charge in [0.25, 0.3) is 0 Å². The molecule has 2 rings (SSSR count). The van der Waals surface area contributed by atoms with E-state index < -0.39 is 5.92 Å². The SMILES string of the molecule is C=CC1CC(=N)C(c2ccc(OC)c(Cl)c2)C1=O. The maximum absolute atomic E-state index is 12.1. The average molecular weight is 264 g/mol. The molecule has 2 atom stereocenters. The van der Waals surface area contributed by atoms with Crippen molar-refractivity contribution in [1.82, 2.24) is 0 Å². The minimum absolute atomic E-state index is 0.0243. The lowest BCUT2D eigenvalue weighted by Crippen LogP contribution is -2.14. The highest BCUT2D eigenvalue weighted by atomic mass is 35.5. The molecule has 0 amide bonds. The zero-order valence-corrected chi connectivity index (χ0v) is 10.8. The topological polar surface area (TPSA) is 50.1 Å². The molecule has 1 aromatic carbocycles. The molecule has 0 heterocycles. The van der Waals surface area contributed by atoms with E-state index in [1.807, 2.05) is 0 Å². The summed E-state index contributed by atoms with van der Waals surface area (Å²) in [6.45, 7) is 3.64. The number of allylic oxidation sites excluding steroid dienone is 1. The molecular weight excluding hydrogens is 250 g/mol. The summed E-state index contributed by atoms with van der Waals surface area (Å²) in [5.74, 6) is -0.145. The van der Waals surface area contributed by atoms with Crippen molar-refractivity contribution in [3.05, 3.63) is 41.4 Å². The van der Waals surface area contributed by atoms with Gasteiger partial charge in [-0.3, -0.25) is 4.79 Å². The largest absolute Gasteiger partial charge is 0.495 e. The number of carbonyl (C=O) groups is 1. The van der Waals surface area contributed by atoms with E-state index in [0.29, 0.717) is 22.9 Å². The van der Waals surface area contributed by atoms with Gasteiger partial charge in [0, 0.05) is 11.6 Å². The lowest BCUT2D eigenvalue weighted by atomic mass is 9.94. The fourth-order valence-electron chi connectivity index (χ4n) is 2.27. The molecular formula is C14H14ClNO2. The summed E-state index contributed by atoms with van der Waals surface area (Å²) in [7, 11) is 1.54. The molecule has 94 valence electrons. The highest BCUT2D eigenvalue weighted by molar-refractivity contribution is 6.32. The van der Waals surface area contributed by atoms with Gasteiger partial charge in [0.1, 0.15) is 5.75 Å². The third-order valence-electron chi connectivity index (χ3n) is 3.23. The highest BCUT2D eigenvalue weighted by Gasteiger charge is 2.37. The summed E-state index contributed by atoms with van der Waals surface area (Å²) in [6, 6.07) is 5.20. The molecule has 1 aliphatic carbocycles. The first-order valence-corrected chi connectivity index (χ1v) is 6.03. The van der Waals surface area contributed by atoms with Crippen LogP contribution in [0, 0.1) is 11.3 Å². The predicted octanol–water partition coefficient (Wildman–Crippen LogP) is 3.23. The van der Waals surface area contributed by atoms with Crippen LogP contribution in [0.2, 0.25) is 5.02 Å².